The number of carbonyl (C=O) groups excluding carboxylic acids is 1. The molecule has 0 heterocycles. The smallest absolute Gasteiger partial charge is 0.376 e. The summed E-state index contributed by atoms with van der Waals surface area (Å²) in [6, 6.07) is 3.05. The van der Waals surface area contributed by atoms with Gasteiger partial charge in [-0.3, -0.25) is 4.79 Å². The van der Waals surface area contributed by atoms with Gasteiger partial charge in [0.15, 0.2) is 0 Å². The summed E-state index contributed by atoms with van der Waals surface area (Å²) < 4.78 is 37.7. The highest BCUT2D eigenvalue weighted by molar-refractivity contribution is 6.30. The van der Waals surface area contributed by atoms with E-state index in [1.807, 2.05) is 0 Å². The maximum Gasteiger partial charge on any atom is 0.416 e. The van der Waals surface area contributed by atoms with E-state index in [9.17, 15) is 18.0 Å². The molecule has 0 saturated heterocycles. The Bertz CT molecular complexity index is 461. The normalized spacial score (nSPS) is 11.5. The minimum atomic E-state index is -4.47. The minimum Gasteiger partial charge on any atom is -0.376 e. The van der Waals surface area contributed by atoms with Gasteiger partial charge in [0.05, 0.1) is 12.1 Å². The fourth-order valence-electron chi connectivity index (χ4n) is 1.41. The first kappa shape index (κ1) is 15.6. The fraction of sp³-hybridized carbons (Fsp3) is 0.417. The summed E-state index contributed by atoms with van der Waals surface area (Å²) in [7, 11) is 0. The lowest BCUT2D eigenvalue weighted by Gasteiger charge is -2.12. The van der Waals surface area contributed by atoms with Crippen molar-refractivity contribution in [1.29, 1.82) is 0 Å². The van der Waals surface area contributed by atoms with Crippen LogP contribution >= 0.6 is 11.6 Å². The Hall–Kier alpha value is -1.43. The van der Waals surface area contributed by atoms with Crippen molar-refractivity contribution in [1.82, 2.24) is 5.32 Å². The van der Waals surface area contributed by atoms with Gasteiger partial charge < -0.3 is 10.6 Å². The molecule has 0 aromatic heterocycles. The maximum atomic E-state index is 12.6. The van der Waals surface area contributed by atoms with Crippen molar-refractivity contribution in [3.63, 3.8) is 0 Å². The zero-order valence-corrected chi connectivity index (χ0v) is 11.2. The topological polar surface area (TPSA) is 41.1 Å². The van der Waals surface area contributed by atoms with Gasteiger partial charge in [0, 0.05) is 16.8 Å². The highest BCUT2D eigenvalue weighted by atomic mass is 35.5. The Kier molecular flexibility index (Phi) is 5.05. The van der Waals surface area contributed by atoms with Gasteiger partial charge >= 0.3 is 6.18 Å². The van der Waals surface area contributed by atoms with Crippen LogP contribution in [0, 0.1) is 0 Å². The van der Waals surface area contributed by atoms with Crippen LogP contribution < -0.4 is 10.6 Å². The van der Waals surface area contributed by atoms with E-state index < -0.39 is 11.7 Å². The van der Waals surface area contributed by atoms with Gasteiger partial charge in [-0.2, -0.15) is 13.2 Å². The lowest BCUT2D eigenvalue weighted by atomic mass is 10.2. The zero-order chi connectivity index (χ0) is 14.6. The molecule has 0 bridgehead atoms. The minimum absolute atomic E-state index is 0.0283. The predicted molar refractivity (Wildman–Crippen MR) is 68.2 cm³/mol. The van der Waals surface area contributed by atoms with E-state index in [2.05, 4.69) is 10.6 Å². The summed E-state index contributed by atoms with van der Waals surface area (Å²) >= 11 is 5.62. The predicted octanol–water partition coefficient (Wildman–Crippen LogP) is 3.30. The molecule has 0 aliphatic rings. The molecule has 0 atom stereocenters. The van der Waals surface area contributed by atoms with Gasteiger partial charge in [-0.1, -0.05) is 11.6 Å². The van der Waals surface area contributed by atoms with Crippen LogP contribution in [-0.4, -0.2) is 18.5 Å². The first-order chi connectivity index (χ1) is 8.68. The third kappa shape index (κ3) is 5.38. The number of alkyl halides is 3. The second kappa shape index (κ2) is 6.14. The van der Waals surface area contributed by atoms with Crippen LogP contribution in [0.25, 0.3) is 0 Å². The van der Waals surface area contributed by atoms with E-state index in [0.717, 1.165) is 12.1 Å². The molecule has 106 valence electrons. The highest BCUT2D eigenvalue weighted by Gasteiger charge is 2.31. The summed E-state index contributed by atoms with van der Waals surface area (Å²) in [5.74, 6) is -0.302. The van der Waals surface area contributed by atoms with E-state index >= 15 is 0 Å². The third-order valence-electron chi connectivity index (χ3n) is 2.13. The molecule has 1 aromatic carbocycles. The second-order valence-electron chi connectivity index (χ2n) is 4.30. The molecule has 0 aliphatic carbocycles. The molecule has 3 nitrogen and oxygen atoms in total. The van der Waals surface area contributed by atoms with Crippen molar-refractivity contribution in [3.05, 3.63) is 28.8 Å². The average molecular weight is 295 g/mol. The number of rotatable bonds is 4. The number of amides is 1. The summed E-state index contributed by atoms with van der Waals surface area (Å²) in [6.07, 6.45) is -4.47. The lowest BCUT2D eigenvalue weighted by molar-refractivity contribution is -0.137. The number of halogens is 4. The molecule has 2 N–H and O–H groups in total. The molecular weight excluding hydrogens is 281 g/mol. The Morgan fingerprint density at radius 2 is 1.95 bits per heavy atom. The standard InChI is InChI=1S/C12H14ClF3N2O/c1-7(2)18-11(19)6-17-10-4-8(12(14,15)16)3-9(13)5-10/h3-5,7,17H,6H2,1-2H3,(H,18,19). The van der Waals surface area contributed by atoms with Crippen molar-refractivity contribution in [3.8, 4) is 0 Å². The van der Waals surface area contributed by atoms with Crippen LogP contribution in [0.15, 0.2) is 18.2 Å². The van der Waals surface area contributed by atoms with Gasteiger partial charge in [-0.05, 0) is 32.0 Å². The number of carbonyl (C=O) groups is 1. The van der Waals surface area contributed by atoms with Gasteiger partial charge in [-0.15, -0.1) is 0 Å². The van der Waals surface area contributed by atoms with Crippen molar-refractivity contribution in [2.45, 2.75) is 26.1 Å². The van der Waals surface area contributed by atoms with E-state index in [-0.39, 0.29) is 29.2 Å². The third-order valence-corrected chi connectivity index (χ3v) is 2.35. The fourth-order valence-corrected chi connectivity index (χ4v) is 1.65. The second-order valence-corrected chi connectivity index (χ2v) is 4.74. The maximum absolute atomic E-state index is 12.6. The van der Waals surface area contributed by atoms with Crippen LogP contribution in [0.4, 0.5) is 18.9 Å². The van der Waals surface area contributed by atoms with Gasteiger partial charge in [0.2, 0.25) is 5.91 Å². The summed E-state index contributed by atoms with van der Waals surface area (Å²) in [5, 5.41) is 5.18. The molecular formula is C12H14ClF3N2O. The van der Waals surface area contributed by atoms with Gasteiger partial charge in [-0.25, -0.2) is 0 Å². The SMILES string of the molecule is CC(C)NC(=O)CNc1cc(Cl)cc(C(F)(F)F)c1. The van der Waals surface area contributed by atoms with E-state index in [0.29, 0.717) is 0 Å². The van der Waals surface area contributed by atoms with Crippen LogP contribution in [0.2, 0.25) is 5.02 Å². The monoisotopic (exact) mass is 294 g/mol. The quantitative estimate of drug-likeness (QED) is 0.894. The molecule has 0 aliphatic heterocycles. The molecule has 0 unspecified atom stereocenters. The number of benzene rings is 1. The molecule has 0 spiro atoms. The largest absolute Gasteiger partial charge is 0.416 e. The van der Waals surface area contributed by atoms with E-state index in [1.54, 1.807) is 13.8 Å². The lowest BCUT2D eigenvalue weighted by Crippen LogP contribution is -2.34. The summed E-state index contributed by atoms with van der Waals surface area (Å²) in [4.78, 5) is 11.4. The van der Waals surface area contributed by atoms with E-state index in [4.69, 9.17) is 11.6 Å². The summed E-state index contributed by atoms with van der Waals surface area (Å²) in [5.41, 5.74) is -0.703. The molecule has 1 aromatic rings. The van der Waals surface area contributed by atoms with Crippen LogP contribution in [0.1, 0.15) is 19.4 Å². The average Bonchev–Trinajstić information content (AvgIpc) is 2.23. The Labute approximate surface area is 114 Å². The number of anilines is 1. The molecule has 0 fully saturated rings. The Morgan fingerprint density at radius 1 is 1.32 bits per heavy atom. The Morgan fingerprint density at radius 3 is 2.47 bits per heavy atom. The Balaban J connectivity index is 2.74. The summed E-state index contributed by atoms with van der Waals surface area (Å²) in [6.45, 7) is 3.47. The van der Waals surface area contributed by atoms with Gasteiger partial charge in [0.25, 0.3) is 0 Å². The van der Waals surface area contributed by atoms with Crippen LogP contribution in [-0.2, 0) is 11.0 Å². The van der Waals surface area contributed by atoms with E-state index in [1.165, 1.54) is 6.07 Å². The van der Waals surface area contributed by atoms with Gasteiger partial charge in [0.1, 0.15) is 0 Å². The molecule has 1 amide bonds. The molecule has 7 heteroatoms. The van der Waals surface area contributed by atoms with Crippen molar-refractivity contribution in [2.75, 3.05) is 11.9 Å². The number of nitrogens with one attached hydrogen (secondary N) is 2. The van der Waals surface area contributed by atoms with Crippen molar-refractivity contribution >= 4 is 23.2 Å². The van der Waals surface area contributed by atoms with Crippen LogP contribution in [0.5, 0.6) is 0 Å². The van der Waals surface area contributed by atoms with Crippen LogP contribution in [0.3, 0.4) is 0 Å². The molecule has 19 heavy (non-hydrogen) atoms. The molecule has 0 radical (unpaired) electrons. The number of hydrogen-bond acceptors (Lipinski definition) is 2. The number of hydrogen-bond donors (Lipinski definition) is 2. The van der Waals surface area contributed by atoms with Crippen molar-refractivity contribution in [2.24, 2.45) is 0 Å². The first-order valence-electron chi connectivity index (χ1n) is 5.59. The highest BCUT2D eigenvalue weighted by Crippen LogP contribution is 2.33. The molecule has 1 rings (SSSR count). The first-order valence-corrected chi connectivity index (χ1v) is 5.97. The molecule has 0 saturated carbocycles. The zero-order valence-electron chi connectivity index (χ0n) is 10.4. The van der Waals surface area contributed by atoms with Crippen molar-refractivity contribution < 1.29 is 18.0 Å².